The van der Waals surface area contributed by atoms with Crippen LogP contribution in [0.4, 0.5) is 5.69 Å². The fraction of sp³-hybridized carbons (Fsp3) is 0.364. The first-order valence-electron chi connectivity index (χ1n) is 5.53. The molecular formula is C11H15N3O4S. The Morgan fingerprint density at radius 3 is 2.84 bits per heavy atom. The van der Waals surface area contributed by atoms with E-state index < -0.39 is 4.92 Å². The summed E-state index contributed by atoms with van der Waals surface area (Å²) < 4.78 is 0. The van der Waals surface area contributed by atoms with E-state index in [1.807, 2.05) is 6.92 Å². The van der Waals surface area contributed by atoms with Gasteiger partial charge in [0.25, 0.3) is 5.69 Å². The second-order valence-electron chi connectivity index (χ2n) is 3.86. The minimum Gasteiger partial charge on any atom is -0.409 e. The standard InChI is InChI=1S/C11H15N3O4S/c1-7(4-5-15)19-10-3-2-8(14(17)18)6-9(10)11(12)13-16/h2-3,6-7,15-16H,4-5H2,1H3,(H2,12,13). The minimum atomic E-state index is -0.542. The number of hydrogen-bond acceptors (Lipinski definition) is 6. The molecule has 1 aromatic carbocycles. The fourth-order valence-corrected chi connectivity index (χ4v) is 2.54. The number of hydrogen-bond donors (Lipinski definition) is 3. The monoisotopic (exact) mass is 285 g/mol. The predicted molar refractivity (Wildman–Crippen MR) is 72.6 cm³/mol. The van der Waals surface area contributed by atoms with Crippen LogP contribution in [0.25, 0.3) is 0 Å². The van der Waals surface area contributed by atoms with Gasteiger partial charge < -0.3 is 16.0 Å². The van der Waals surface area contributed by atoms with E-state index in [1.54, 1.807) is 6.07 Å². The van der Waals surface area contributed by atoms with Crippen molar-refractivity contribution in [3.05, 3.63) is 33.9 Å². The Hall–Kier alpha value is -1.80. The molecule has 0 bridgehead atoms. The SMILES string of the molecule is CC(CCO)Sc1ccc([N+](=O)[O-])cc1C(N)=NO. The number of non-ortho nitro benzene ring substituents is 1. The Morgan fingerprint density at radius 2 is 2.32 bits per heavy atom. The van der Waals surface area contributed by atoms with Crippen molar-refractivity contribution < 1.29 is 15.2 Å². The molecule has 0 aliphatic carbocycles. The number of aliphatic hydroxyl groups excluding tert-OH is 1. The van der Waals surface area contributed by atoms with Gasteiger partial charge in [-0.3, -0.25) is 10.1 Å². The zero-order valence-electron chi connectivity index (χ0n) is 10.3. The molecule has 0 amide bonds. The third kappa shape index (κ3) is 4.11. The van der Waals surface area contributed by atoms with Gasteiger partial charge in [-0.1, -0.05) is 12.1 Å². The van der Waals surface area contributed by atoms with Crippen LogP contribution in [0.3, 0.4) is 0 Å². The van der Waals surface area contributed by atoms with Gasteiger partial charge in [-0.15, -0.1) is 11.8 Å². The van der Waals surface area contributed by atoms with Crippen molar-refractivity contribution in [1.82, 2.24) is 0 Å². The van der Waals surface area contributed by atoms with Gasteiger partial charge in [-0.05, 0) is 12.5 Å². The van der Waals surface area contributed by atoms with Crippen molar-refractivity contribution in [3.8, 4) is 0 Å². The van der Waals surface area contributed by atoms with E-state index in [1.165, 1.54) is 23.9 Å². The summed E-state index contributed by atoms with van der Waals surface area (Å²) >= 11 is 1.40. The van der Waals surface area contributed by atoms with Gasteiger partial charge >= 0.3 is 0 Å². The lowest BCUT2D eigenvalue weighted by Gasteiger charge is -2.12. The van der Waals surface area contributed by atoms with E-state index in [0.717, 1.165) is 0 Å². The lowest BCUT2D eigenvalue weighted by Crippen LogP contribution is -2.15. The summed E-state index contributed by atoms with van der Waals surface area (Å²) in [5.74, 6) is -0.178. The molecule has 7 nitrogen and oxygen atoms in total. The maximum Gasteiger partial charge on any atom is 0.270 e. The summed E-state index contributed by atoms with van der Waals surface area (Å²) in [5.41, 5.74) is 5.72. The molecule has 4 N–H and O–H groups in total. The first-order chi connectivity index (χ1) is 8.99. The Morgan fingerprint density at radius 1 is 1.63 bits per heavy atom. The van der Waals surface area contributed by atoms with Gasteiger partial charge in [0.15, 0.2) is 5.84 Å². The molecular weight excluding hydrogens is 270 g/mol. The molecule has 0 fully saturated rings. The molecule has 0 heterocycles. The van der Waals surface area contributed by atoms with Crippen LogP contribution < -0.4 is 5.73 Å². The summed E-state index contributed by atoms with van der Waals surface area (Å²) in [5, 5.41) is 31.3. The summed E-state index contributed by atoms with van der Waals surface area (Å²) in [6.45, 7) is 1.97. The number of nitro benzene ring substituents is 1. The molecule has 0 aliphatic heterocycles. The Balaban J connectivity index is 3.12. The van der Waals surface area contributed by atoms with Crippen LogP contribution in [0.15, 0.2) is 28.3 Å². The molecule has 1 rings (SSSR count). The zero-order chi connectivity index (χ0) is 14.4. The lowest BCUT2D eigenvalue weighted by molar-refractivity contribution is -0.384. The molecule has 0 aliphatic rings. The van der Waals surface area contributed by atoms with Gasteiger partial charge in [0.2, 0.25) is 0 Å². The fourth-order valence-electron chi connectivity index (χ4n) is 1.45. The van der Waals surface area contributed by atoms with Crippen molar-refractivity contribution in [2.75, 3.05) is 6.61 Å². The molecule has 8 heteroatoms. The van der Waals surface area contributed by atoms with Crippen LogP contribution in [-0.4, -0.2) is 32.9 Å². The van der Waals surface area contributed by atoms with Crippen molar-refractivity contribution in [1.29, 1.82) is 0 Å². The largest absolute Gasteiger partial charge is 0.409 e. The maximum absolute atomic E-state index is 10.7. The van der Waals surface area contributed by atoms with Crippen LogP contribution in [0, 0.1) is 10.1 Å². The normalized spacial score (nSPS) is 13.3. The number of thioether (sulfide) groups is 1. The van der Waals surface area contributed by atoms with Crippen LogP contribution in [0.2, 0.25) is 0 Å². The second-order valence-corrected chi connectivity index (χ2v) is 5.34. The number of nitrogens with two attached hydrogens (primary N) is 1. The van der Waals surface area contributed by atoms with Crippen LogP contribution in [0.1, 0.15) is 18.9 Å². The zero-order valence-corrected chi connectivity index (χ0v) is 11.1. The van der Waals surface area contributed by atoms with E-state index in [9.17, 15) is 10.1 Å². The molecule has 1 unspecified atom stereocenters. The number of nitro groups is 1. The van der Waals surface area contributed by atoms with E-state index in [4.69, 9.17) is 16.0 Å². The highest BCUT2D eigenvalue weighted by molar-refractivity contribution is 8.00. The molecule has 19 heavy (non-hydrogen) atoms. The summed E-state index contributed by atoms with van der Waals surface area (Å²) in [6, 6.07) is 4.19. The summed E-state index contributed by atoms with van der Waals surface area (Å²) in [6.07, 6.45) is 0.581. The van der Waals surface area contributed by atoms with Gasteiger partial charge in [-0.2, -0.15) is 0 Å². The van der Waals surface area contributed by atoms with E-state index >= 15 is 0 Å². The van der Waals surface area contributed by atoms with E-state index in [2.05, 4.69) is 5.16 Å². The molecule has 0 saturated carbocycles. The molecule has 0 spiro atoms. The lowest BCUT2D eigenvalue weighted by atomic mass is 10.2. The number of oxime groups is 1. The Labute approximate surface area is 114 Å². The molecule has 1 atom stereocenters. The van der Waals surface area contributed by atoms with Crippen molar-refractivity contribution in [2.45, 2.75) is 23.5 Å². The first kappa shape index (κ1) is 15.3. The van der Waals surface area contributed by atoms with Crippen molar-refractivity contribution >= 4 is 23.3 Å². The minimum absolute atomic E-state index is 0.0556. The topological polar surface area (TPSA) is 122 Å². The molecule has 0 radical (unpaired) electrons. The molecule has 0 saturated heterocycles. The Bertz CT molecular complexity index is 493. The number of nitrogens with zero attached hydrogens (tertiary/aromatic N) is 2. The van der Waals surface area contributed by atoms with Gasteiger partial charge in [0.05, 0.1) is 4.92 Å². The van der Waals surface area contributed by atoms with Gasteiger partial charge in [-0.25, -0.2) is 0 Å². The molecule has 104 valence electrons. The summed E-state index contributed by atoms with van der Waals surface area (Å²) in [7, 11) is 0. The number of benzene rings is 1. The van der Waals surface area contributed by atoms with Crippen LogP contribution >= 0.6 is 11.8 Å². The molecule has 1 aromatic rings. The average molecular weight is 285 g/mol. The first-order valence-corrected chi connectivity index (χ1v) is 6.41. The van der Waals surface area contributed by atoms with Gasteiger partial charge in [0.1, 0.15) is 0 Å². The maximum atomic E-state index is 10.7. The highest BCUT2D eigenvalue weighted by Gasteiger charge is 2.16. The third-order valence-electron chi connectivity index (χ3n) is 2.42. The second kappa shape index (κ2) is 6.95. The predicted octanol–water partition coefficient (Wildman–Crippen LogP) is 1.55. The van der Waals surface area contributed by atoms with Crippen LogP contribution in [-0.2, 0) is 0 Å². The summed E-state index contributed by atoms with van der Waals surface area (Å²) in [4.78, 5) is 10.8. The smallest absolute Gasteiger partial charge is 0.270 e. The molecule has 0 aromatic heterocycles. The van der Waals surface area contributed by atoms with Crippen molar-refractivity contribution in [2.24, 2.45) is 10.9 Å². The van der Waals surface area contributed by atoms with Gasteiger partial charge in [0, 0.05) is 34.4 Å². The quantitative estimate of drug-likeness (QED) is 0.182. The highest BCUT2D eigenvalue weighted by atomic mass is 32.2. The highest BCUT2D eigenvalue weighted by Crippen LogP contribution is 2.30. The number of rotatable bonds is 6. The number of aliphatic hydroxyl groups is 1. The van der Waals surface area contributed by atoms with Crippen LogP contribution in [0.5, 0.6) is 0 Å². The third-order valence-corrected chi connectivity index (χ3v) is 3.67. The Kier molecular flexibility index (Phi) is 5.58. The number of amidine groups is 1. The average Bonchev–Trinajstić information content (AvgIpc) is 2.38. The van der Waals surface area contributed by atoms with E-state index in [0.29, 0.717) is 16.9 Å². The van der Waals surface area contributed by atoms with Crippen molar-refractivity contribution in [3.63, 3.8) is 0 Å². The van der Waals surface area contributed by atoms with E-state index in [-0.39, 0.29) is 23.4 Å².